The molecule has 0 radical (unpaired) electrons. The van der Waals surface area contributed by atoms with Crippen LogP contribution in [0.5, 0.6) is 0 Å². The van der Waals surface area contributed by atoms with Gasteiger partial charge in [-0.05, 0) is 73.8 Å². The molecule has 8 aromatic carbocycles. The van der Waals surface area contributed by atoms with Gasteiger partial charge in [-0.25, -0.2) is 15.0 Å². The lowest BCUT2D eigenvalue weighted by molar-refractivity contribution is 1.07. The molecule has 0 bridgehead atoms. The molecule has 9 rings (SSSR count). The smallest absolute Gasteiger partial charge is 0.164 e. The molecule has 0 atom stereocenters. The maximum absolute atomic E-state index is 5.18. The normalized spacial score (nSPS) is 11.0. The molecule has 0 amide bonds. The Hall–Kier alpha value is -7.23. The summed E-state index contributed by atoms with van der Waals surface area (Å²) in [5.41, 5.74) is 14.2. The Morgan fingerprint density at radius 3 is 0.944 bits per heavy atom. The fraction of sp³-hybridized carbons (Fsp3) is 0. The molecule has 254 valence electrons. The van der Waals surface area contributed by atoms with Gasteiger partial charge in [0.1, 0.15) is 0 Å². The quantitative estimate of drug-likeness (QED) is 0.159. The number of hydrogen-bond donors (Lipinski definition) is 0. The molecule has 0 unspecified atom stereocenters. The molecule has 0 spiro atoms. The highest BCUT2D eigenvalue weighted by molar-refractivity contribution is 5.87. The first kappa shape index (κ1) is 32.7. The molecule has 0 aliphatic carbocycles. The average Bonchev–Trinajstić information content (AvgIpc) is 3.27. The summed E-state index contributed by atoms with van der Waals surface area (Å²) in [6, 6.07) is 74.1. The van der Waals surface area contributed by atoms with E-state index >= 15 is 0 Å². The minimum atomic E-state index is 0.620. The van der Waals surface area contributed by atoms with E-state index in [0.717, 1.165) is 61.2 Å². The number of rotatable bonds is 8. The van der Waals surface area contributed by atoms with Gasteiger partial charge in [0.25, 0.3) is 0 Å². The highest BCUT2D eigenvalue weighted by Gasteiger charge is 2.16. The Morgan fingerprint density at radius 1 is 0.185 bits per heavy atom. The molecule has 54 heavy (non-hydrogen) atoms. The molecule has 1 heterocycles. The number of nitrogens with zero attached hydrogens (tertiary/aromatic N) is 3. The van der Waals surface area contributed by atoms with Gasteiger partial charge >= 0.3 is 0 Å². The maximum atomic E-state index is 5.18. The molecule has 0 aliphatic heterocycles. The zero-order valence-corrected chi connectivity index (χ0v) is 29.5. The molecular weight excluding hydrogens is 655 g/mol. The van der Waals surface area contributed by atoms with E-state index in [9.17, 15) is 0 Å². The van der Waals surface area contributed by atoms with Crippen molar-refractivity contribution in [2.24, 2.45) is 0 Å². The summed E-state index contributed by atoms with van der Waals surface area (Å²) in [4.78, 5) is 15.5. The molecular formula is C51H35N3. The number of hydrogen-bond acceptors (Lipinski definition) is 3. The van der Waals surface area contributed by atoms with Crippen molar-refractivity contribution in [2.45, 2.75) is 0 Å². The van der Waals surface area contributed by atoms with Crippen molar-refractivity contribution in [3.8, 4) is 89.8 Å². The van der Waals surface area contributed by atoms with Gasteiger partial charge in [-0.2, -0.15) is 0 Å². The minimum absolute atomic E-state index is 0.620. The summed E-state index contributed by atoms with van der Waals surface area (Å²) in [5, 5.41) is 0. The first-order chi connectivity index (χ1) is 26.7. The van der Waals surface area contributed by atoms with E-state index in [0.29, 0.717) is 17.5 Å². The summed E-state index contributed by atoms with van der Waals surface area (Å²) >= 11 is 0. The van der Waals surface area contributed by atoms with Gasteiger partial charge in [-0.3, -0.25) is 0 Å². The summed E-state index contributed by atoms with van der Waals surface area (Å²) in [5.74, 6) is 1.87. The molecule has 0 fully saturated rings. The topological polar surface area (TPSA) is 38.7 Å². The highest BCUT2D eigenvalue weighted by Crippen LogP contribution is 2.36. The van der Waals surface area contributed by atoms with E-state index in [4.69, 9.17) is 15.0 Å². The van der Waals surface area contributed by atoms with Crippen molar-refractivity contribution >= 4 is 0 Å². The third-order valence-corrected chi connectivity index (χ3v) is 9.76. The van der Waals surface area contributed by atoms with E-state index in [-0.39, 0.29) is 0 Å². The largest absolute Gasteiger partial charge is 0.208 e. The van der Waals surface area contributed by atoms with Crippen LogP contribution in [0.4, 0.5) is 0 Å². The van der Waals surface area contributed by atoms with Gasteiger partial charge in [-0.15, -0.1) is 0 Å². The van der Waals surface area contributed by atoms with Crippen LogP contribution in [0, 0.1) is 0 Å². The summed E-state index contributed by atoms with van der Waals surface area (Å²) in [6.07, 6.45) is 0. The first-order valence-corrected chi connectivity index (χ1v) is 18.2. The first-order valence-electron chi connectivity index (χ1n) is 18.2. The predicted octanol–water partition coefficient (Wildman–Crippen LogP) is 13.2. The van der Waals surface area contributed by atoms with Gasteiger partial charge in [0.2, 0.25) is 0 Å². The number of benzene rings is 8. The summed E-state index contributed by atoms with van der Waals surface area (Å²) in [6.45, 7) is 0. The zero-order valence-electron chi connectivity index (χ0n) is 29.5. The second-order valence-electron chi connectivity index (χ2n) is 13.3. The Balaban J connectivity index is 1.18. The van der Waals surface area contributed by atoms with E-state index in [2.05, 4.69) is 200 Å². The number of aromatic nitrogens is 3. The second kappa shape index (κ2) is 14.8. The van der Waals surface area contributed by atoms with Crippen LogP contribution < -0.4 is 0 Å². The fourth-order valence-electron chi connectivity index (χ4n) is 6.96. The van der Waals surface area contributed by atoms with Crippen LogP contribution in [0.1, 0.15) is 0 Å². The lowest BCUT2D eigenvalue weighted by atomic mass is 9.92. The van der Waals surface area contributed by atoms with Crippen LogP contribution in [0.3, 0.4) is 0 Å². The molecule has 3 heteroatoms. The molecule has 1 aromatic heterocycles. The van der Waals surface area contributed by atoms with Crippen molar-refractivity contribution in [1.29, 1.82) is 0 Å². The van der Waals surface area contributed by atoms with Crippen LogP contribution in [-0.4, -0.2) is 15.0 Å². The average molecular weight is 690 g/mol. The van der Waals surface area contributed by atoms with E-state index < -0.39 is 0 Å². The van der Waals surface area contributed by atoms with Crippen molar-refractivity contribution in [2.75, 3.05) is 0 Å². The standard InChI is InChI=1S/C51H35N3/c1-5-15-36(16-6-1)38-27-29-39(30-28-38)43-24-14-26-45(34-43)50-52-49(44-25-13-23-42(33-44)37-17-7-2-8-18-37)53-51(54-50)46-31-32-47(40-19-9-3-10-20-40)48(35-46)41-21-11-4-12-22-41/h1-35H. The minimum Gasteiger partial charge on any atom is -0.208 e. The van der Waals surface area contributed by atoms with E-state index in [1.807, 2.05) is 12.1 Å². The van der Waals surface area contributed by atoms with Crippen molar-refractivity contribution in [3.63, 3.8) is 0 Å². The molecule has 0 saturated carbocycles. The summed E-state index contributed by atoms with van der Waals surface area (Å²) < 4.78 is 0. The Labute approximate surface area is 316 Å². The Kier molecular flexibility index (Phi) is 8.94. The maximum Gasteiger partial charge on any atom is 0.164 e. The fourth-order valence-corrected chi connectivity index (χ4v) is 6.96. The van der Waals surface area contributed by atoms with E-state index in [1.165, 1.54) is 11.1 Å². The second-order valence-corrected chi connectivity index (χ2v) is 13.3. The lowest BCUT2D eigenvalue weighted by Crippen LogP contribution is -2.01. The van der Waals surface area contributed by atoms with Gasteiger partial charge in [0.05, 0.1) is 0 Å². The highest BCUT2D eigenvalue weighted by atomic mass is 15.0. The van der Waals surface area contributed by atoms with Crippen molar-refractivity contribution in [3.05, 3.63) is 212 Å². The van der Waals surface area contributed by atoms with Gasteiger partial charge in [0, 0.05) is 16.7 Å². The van der Waals surface area contributed by atoms with Crippen LogP contribution in [0.2, 0.25) is 0 Å². The summed E-state index contributed by atoms with van der Waals surface area (Å²) in [7, 11) is 0. The Morgan fingerprint density at radius 2 is 0.481 bits per heavy atom. The van der Waals surface area contributed by atoms with E-state index in [1.54, 1.807) is 0 Å². The van der Waals surface area contributed by atoms with Crippen LogP contribution in [0.25, 0.3) is 89.8 Å². The van der Waals surface area contributed by atoms with Gasteiger partial charge < -0.3 is 0 Å². The van der Waals surface area contributed by atoms with Crippen LogP contribution in [-0.2, 0) is 0 Å². The predicted molar refractivity (Wildman–Crippen MR) is 223 cm³/mol. The van der Waals surface area contributed by atoms with Gasteiger partial charge in [0.15, 0.2) is 17.5 Å². The Bertz CT molecular complexity index is 2670. The zero-order chi connectivity index (χ0) is 36.1. The van der Waals surface area contributed by atoms with Crippen molar-refractivity contribution in [1.82, 2.24) is 15.0 Å². The van der Waals surface area contributed by atoms with Gasteiger partial charge in [-0.1, -0.05) is 194 Å². The third-order valence-electron chi connectivity index (χ3n) is 9.76. The SMILES string of the molecule is c1ccc(-c2ccc(-c3cccc(-c4nc(-c5cccc(-c6ccccc6)c5)nc(-c5ccc(-c6ccccc6)c(-c6ccccc6)c5)n4)c3)cc2)cc1. The molecule has 0 saturated heterocycles. The monoisotopic (exact) mass is 689 g/mol. The molecule has 9 aromatic rings. The third kappa shape index (κ3) is 6.87. The lowest BCUT2D eigenvalue weighted by Gasteiger charge is -2.14. The van der Waals surface area contributed by atoms with Crippen molar-refractivity contribution < 1.29 is 0 Å². The molecule has 0 N–H and O–H groups in total. The molecule has 0 aliphatic rings. The molecule has 3 nitrogen and oxygen atoms in total. The van der Waals surface area contributed by atoms with Crippen LogP contribution >= 0.6 is 0 Å². The van der Waals surface area contributed by atoms with Crippen LogP contribution in [0.15, 0.2) is 212 Å².